The fourth-order valence-electron chi connectivity index (χ4n) is 2.75. The SMILES string of the molecule is COc1ccc2nc(N(CCCN(C)C)C(=O)C=Cc3ccc([N+](=O)[O-])s3)sc2c1. The summed E-state index contributed by atoms with van der Waals surface area (Å²) < 4.78 is 6.21. The molecule has 0 saturated carbocycles. The number of fused-ring (bicyclic) bond motifs is 1. The molecule has 0 aliphatic carbocycles. The predicted molar refractivity (Wildman–Crippen MR) is 122 cm³/mol. The number of methoxy groups -OCH3 is 1. The van der Waals surface area contributed by atoms with Crippen LogP contribution in [0.15, 0.2) is 36.4 Å². The Balaban J connectivity index is 1.84. The molecule has 1 amide bonds. The molecule has 0 saturated heterocycles. The van der Waals surface area contributed by atoms with Crippen molar-refractivity contribution in [1.82, 2.24) is 9.88 Å². The van der Waals surface area contributed by atoms with E-state index in [9.17, 15) is 14.9 Å². The first-order chi connectivity index (χ1) is 14.4. The third-order valence-electron chi connectivity index (χ3n) is 4.25. The van der Waals surface area contributed by atoms with Gasteiger partial charge in [0.2, 0.25) is 0 Å². The van der Waals surface area contributed by atoms with Gasteiger partial charge < -0.3 is 9.64 Å². The van der Waals surface area contributed by atoms with Gasteiger partial charge in [-0.15, -0.1) is 0 Å². The van der Waals surface area contributed by atoms with E-state index in [1.165, 1.54) is 23.5 Å². The lowest BCUT2D eigenvalue weighted by molar-refractivity contribution is -0.380. The number of carbonyl (C=O) groups excluding carboxylic acids is 1. The van der Waals surface area contributed by atoms with Crippen LogP contribution in [0, 0.1) is 10.1 Å². The van der Waals surface area contributed by atoms with Gasteiger partial charge in [-0.05, 0) is 57.4 Å². The van der Waals surface area contributed by atoms with E-state index in [-0.39, 0.29) is 10.9 Å². The normalized spacial score (nSPS) is 11.5. The molecule has 3 aromatic rings. The van der Waals surface area contributed by atoms with E-state index >= 15 is 0 Å². The van der Waals surface area contributed by atoms with Crippen LogP contribution in [0.5, 0.6) is 5.75 Å². The number of carbonyl (C=O) groups is 1. The molecule has 0 atom stereocenters. The van der Waals surface area contributed by atoms with Crippen LogP contribution < -0.4 is 9.64 Å². The molecule has 0 spiro atoms. The first-order valence-electron chi connectivity index (χ1n) is 9.20. The maximum atomic E-state index is 13.0. The zero-order valence-corrected chi connectivity index (χ0v) is 18.5. The fraction of sp³-hybridized carbons (Fsp3) is 0.300. The van der Waals surface area contributed by atoms with Crippen molar-refractivity contribution in [2.45, 2.75) is 6.42 Å². The number of hydrogen-bond acceptors (Lipinski definition) is 8. The first-order valence-corrected chi connectivity index (χ1v) is 10.8. The second-order valence-electron chi connectivity index (χ2n) is 6.74. The molecule has 2 aromatic heterocycles. The zero-order valence-electron chi connectivity index (χ0n) is 16.9. The standard InChI is InChI=1S/C20H22N4O4S2/c1-22(2)11-4-12-23(18(25)9-6-15-7-10-19(29-15)24(26)27)20-21-16-8-5-14(28-3)13-17(16)30-20/h5-10,13H,4,11-12H2,1-3H3. The Hall–Kier alpha value is -2.82. The summed E-state index contributed by atoms with van der Waals surface area (Å²) in [6.45, 7) is 1.35. The molecule has 0 bridgehead atoms. The van der Waals surface area contributed by atoms with E-state index in [1.54, 1.807) is 24.2 Å². The van der Waals surface area contributed by atoms with Crippen molar-refractivity contribution in [2.24, 2.45) is 0 Å². The van der Waals surface area contributed by atoms with Gasteiger partial charge in [-0.1, -0.05) is 22.7 Å². The Morgan fingerprint density at radius 2 is 2.03 bits per heavy atom. The minimum Gasteiger partial charge on any atom is -0.497 e. The molecule has 0 unspecified atom stereocenters. The summed E-state index contributed by atoms with van der Waals surface area (Å²) in [5.41, 5.74) is 0.805. The number of thiazole rings is 1. The van der Waals surface area contributed by atoms with Crippen LogP contribution in [0.25, 0.3) is 16.3 Å². The Labute approximate surface area is 182 Å². The number of benzene rings is 1. The maximum absolute atomic E-state index is 13.0. The van der Waals surface area contributed by atoms with Gasteiger partial charge in [0, 0.05) is 23.6 Å². The maximum Gasteiger partial charge on any atom is 0.324 e. The first kappa shape index (κ1) is 21.9. The third kappa shape index (κ3) is 5.41. The predicted octanol–water partition coefficient (Wildman–Crippen LogP) is 4.27. The zero-order chi connectivity index (χ0) is 21.7. The number of hydrogen-bond donors (Lipinski definition) is 0. The van der Waals surface area contributed by atoms with Crippen LogP contribution in [0.4, 0.5) is 10.1 Å². The molecule has 0 N–H and O–H groups in total. The molecular weight excluding hydrogens is 424 g/mol. The second-order valence-corrected chi connectivity index (χ2v) is 8.85. The number of nitro groups is 1. The summed E-state index contributed by atoms with van der Waals surface area (Å²) in [6.07, 6.45) is 3.84. The summed E-state index contributed by atoms with van der Waals surface area (Å²) in [6, 6.07) is 8.68. The monoisotopic (exact) mass is 446 g/mol. The summed E-state index contributed by atoms with van der Waals surface area (Å²) in [5, 5.41) is 11.5. The highest BCUT2D eigenvalue weighted by Crippen LogP contribution is 2.32. The van der Waals surface area contributed by atoms with E-state index in [1.807, 2.05) is 32.3 Å². The number of anilines is 1. The van der Waals surface area contributed by atoms with Gasteiger partial charge in [0.25, 0.3) is 5.91 Å². The number of thiophene rings is 1. The molecule has 1 aromatic carbocycles. The van der Waals surface area contributed by atoms with Crippen molar-refractivity contribution in [2.75, 3.05) is 39.2 Å². The summed E-state index contributed by atoms with van der Waals surface area (Å²) in [5.74, 6) is 0.526. The largest absolute Gasteiger partial charge is 0.497 e. The molecule has 10 heteroatoms. The van der Waals surface area contributed by atoms with Crippen LogP contribution >= 0.6 is 22.7 Å². The van der Waals surface area contributed by atoms with E-state index in [0.717, 1.165) is 40.3 Å². The van der Waals surface area contributed by atoms with Crippen molar-refractivity contribution in [3.63, 3.8) is 0 Å². The van der Waals surface area contributed by atoms with Gasteiger partial charge in [-0.2, -0.15) is 0 Å². The van der Waals surface area contributed by atoms with E-state index in [4.69, 9.17) is 4.74 Å². The summed E-state index contributed by atoms with van der Waals surface area (Å²) in [7, 11) is 5.58. The molecule has 0 aliphatic heterocycles. The highest BCUT2D eigenvalue weighted by Gasteiger charge is 2.18. The number of aromatic nitrogens is 1. The van der Waals surface area contributed by atoms with Gasteiger partial charge in [-0.3, -0.25) is 19.8 Å². The van der Waals surface area contributed by atoms with Gasteiger partial charge >= 0.3 is 5.00 Å². The average molecular weight is 447 g/mol. The molecular formula is C20H22N4O4S2. The molecule has 3 rings (SSSR count). The smallest absolute Gasteiger partial charge is 0.324 e. The van der Waals surface area contributed by atoms with Crippen molar-refractivity contribution < 1.29 is 14.5 Å². The molecule has 8 nitrogen and oxygen atoms in total. The number of amides is 1. The van der Waals surface area contributed by atoms with Crippen LogP contribution in [0.2, 0.25) is 0 Å². The van der Waals surface area contributed by atoms with Crippen LogP contribution in [-0.2, 0) is 4.79 Å². The van der Waals surface area contributed by atoms with Gasteiger partial charge in [-0.25, -0.2) is 4.98 Å². The molecule has 158 valence electrons. The van der Waals surface area contributed by atoms with Crippen molar-refractivity contribution in [3.05, 3.63) is 51.4 Å². The minimum absolute atomic E-state index is 0.0464. The molecule has 0 aliphatic rings. The van der Waals surface area contributed by atoms with E-state index in [2.05, 4.69) is 9.88 Å². The Morgan fingerprint density at radius 3 is 2.70 bits per heavy atom. The van der Waals surface area contributed by atoms with E-state index in [0.29, 0.717) is 16.6 Å². The van der Waals surface area contributed by atoms with Crippen molar-refractivity contribution in [1.29, 1.82) is 0 Å². The molecule has 30 heavy (non-hydrogen) atoms. The van der Waals surface area contributed by atoms with Crippen LogP contribution in [0.1, 0.15) is 11.3 Å². The molecule has 2 heterocycles. The van der Waals surface area contributed by atoms with E-state index < -0.39 is 4.92 Å². The molecule has 0 fully saturated rings. The molecule has 0 radical (unpaired) electrons. The Morgan fingerprint density at radius 1 is 1.23 bits per heavy atom. The quantitative estimate of drug-likeness (QED) is 0.277. The summed E-state index contributed by atoms with van der Waals surface area (Å²) in [4.78, 5) is 32.4. The van der Waals surface area contributed by atoms with Gasteiger partial charge in [0.05, 0.1) is 22.2 Å². The lowest BCUT2D eigenvalue weighted by Crippen LogP contribution is -2.32. The lowest BCUT2D eigenvalue weighted by Gasteiger charge is -2.19. The van der Waals surface area contributed by atoms with Crippen molar-refractivity contribution in [3.8, 4) is 5.75 Å². The lowest BCUT2D eigenvalue weighted by atomic mass is 10.3. The third-order valence-corrected chi connectivity index (χ3v) is 6.29. The van der Waals surface area contributed by atoms with Gasteiger partial charge in [0.1, 0.15) is 5.75 Å². The van der Waals surface area contributed by atoms with Crippen molar-refractivity contribution >= 4 is 55.0 Å². The van der Waals surface area contributed by atoms with Crippen LogP contribution in [-0.4, -0.2) is 55.0 Å². The average Bonchev–Trinajstić information content (AvgIpc) is 3.35. The van der Waals surface area contributed by atoms with Crippen LogP contribution in [0.3, 0.4) is 0 Å². The Kier molecular flexibility index (Phi) is 7.14. The second kappa shape index (κ2) is 9.79. The summed E-state index contributed by atoms with van der Waals surface area (Å²) >= 11 is 2.46. The fourth-order valence-corrected chi connectivity index (χ4v) is 4.50. The number of rotatable bonds is 9. The number of ether oxygens (including phenoxy) is 1. The number of nitrogens with zero attached hydrogens (tertiary/aromatic N) is 4. The highest BCUT2D eigenvalue weighted by atomic mass is 32.1. The Bertz CT molecular complexity index is 1070. The highest BCUT2D eigenvalue weighted by molar-refractivity contribution is 7.22. The minimum atomic E-state index is -0.438. The topological polar surface area (TPSA) is 88.8 Å². The van der Waals surface area contributed by atoms with Gasteiger partial charge in [0.15, 0.2) is 5.13 Å².